The molecule has 0 aromatic carbocycles. The summed E-state index contributed by atoms with van der Waals surface area (Å²) in [5.41, 5.74) is 4.50. The topological polar surface area (TPSA) is 231 Å². The van der Waals surface area contributed by atoms with Crippen molar-refractivity contribution in [1.82, 2.24) is 5.32 Å². The van der Waals surface area contributed by atoms with Crippen molar-refractivity contribution in [3.63, 3.8) is 0 Å². The molecule has 0 aromatic rings. The highest BCUT2D eigenvalue weighted by Crippen LogP contribution is 2.17. The van der Waals surface area contributed by atoms with Crippen LogP contribution in [0.3, 0.4) is 0 Å². The van der Waals surface area contributed by atoms with Crippen LogP contribution in [0.5, 0.6) is 0 Å². The fourth-order valence-corrected chi connectivity index (χ4v) is 13.2. The fourth-order valence-electron chi connectivity index (χ4n) is 1.96. The molecule has 324 valence electrons. The molecule has 0 saturated heterocycles. The van der Waals surface area contributed by atoms with Crippen molar-refractivity contribution in [3.8, 4) is 0 Å². The molecule has 0 heterocycles. The highest BCUT2D eigenvalue weighted by atomic mass is 33.2. The summed E-state index contributed by atoms with van der Waals surface area (Å²) < 4.78 is 83.4. The minimum absolute atomic E-state index is 0. The molecule has 0 unspecified atom stereocenters. The van der Waals surface area contributed by atoms with Crippen LogP contribution in [0.15, 0.2) is 12.7 Å². The number of thiol groups is 1. The van der Waals surface area contributed by atoms with Crippen LogP contribution in [0.4, 0.5) is 0 Å². The van der Waals surface area contributed by atoms with Crippen LogP contribution in [0.1, 0.15) is 60.3 Å². The highest BCUT2D eigenvalue weighted by Gasteiger charge is 2.32. The molecule has 0 aliphatic rings. The van der Waals surface area contributed by atoms with E-state index in [4.69, 9.17) is 14.4 Å². The van der Waals surface area contributed by atoms with E-state index in [1.54, 1.807) is 26.4 Å². The molecule has 0 aromatic heterocycles. The first-order valence-electron chi connectivity index (χ1n) is 16.6. The van der Waals surface area contributed by atoms with Gasteiger partial charge in [0.1, 0.15) is 0 Å². The third-order valence-electron chi connectivity index (χ3n) is 4.34. The summed E-state index contributed by atoms with van der Waals surface area (Å²) in [7, 11) is -9.07. The van der Waals surface area contributed by atoms with E-state index in [0.29, 0.717) is 18.5 Å². The number of nitrogens with one attached hydrogen (secondary N) is 1. The largest absolute Gasteiger partial charge is 0.412 e. The number of thioether (sulfide) groups is 1. The summed E-state index contributed by atoms with van der Waals surface area (Å²) in [6.45, 7) is 27.7. The molecule has 20 heteroatoms. The van der Waals surface area contributed by atoms with Gasteiger partial charge in [0.25, 0.3) is 17.7 Å². The van der Waals surface area contributed by atoms with Gasteiger partial charge in [0.15, 0.2) is 0 Å². The second-order valence-electron chi connectivity index (χ2n) is 11.9. The number of rotatable bonds is 16. The predicted octanol–water partition coefficient (Wildman–Crippen LogP) is 6.14. The van der Waals surface area contributed by atoms with Crippen molar-refractivity contribution in [2.75, 3.05) is 77.8 Å². The molecular weight excluding hydrogens is 793 g/mol. The minimum atomic E-state index is -4.19. The molecule has 0 rings (SSSR count). The standard InChI is InChI=1S/C10H26O4S2Si2.C4H11N.C4H10O.C4H10S.C3H8O4S.C3H6.CH5N.CH4O.CH4S.H2O/c1-17(2,3)9-7-15(11,12)16(13,14)8-10-18(4,5)6;3*1-3-4-5-2;1-2-3-7-8(4,5)6;1-3-2;3*1-2;/h7-10H2,1-6H3;5H,3-4H2,1-2H3;2*3-4H2,1-2H3;2-3H2,1H3,(H,4,5,6);3H,1H2,2H3;2H2,1H3;2*2H,1H3;1H2. The van der Waals surface area contributed by atoms with Crippen molar-refractivity contribution >= 4 is 68.7 Å². The van der Waals surface area contributed by atoms with Gasteiger partial charge in [-0.3, -0.25) is 4.55 Å². The zero-order valence-corrected chi connectivity index (χ0v) is 41.7. The van der Waals surface area contributed by atoms with Crippen LogP contribution in [-0.2, 0) is 37.1 Å². The summed E-state index contributed by atoms with van der Waals surface area (Å²) in [6.07, 6.45) is 9.80. The van der Waals surface area contributed by atoms with Gasteiger partial charge in [-0.05, 0) is 83.6 Å². The van der Waals surface area contributed by atoms with E-state index in [2.05, 4.69) is 61.5 Å². The van der Waals surface area contributed by atoms with E-state index >= 15 is 0 Å². The zero-order chi connectivity index (χ0) is 42.5. The molecular formula is C31H86N2O11S5Si2. The van der Waals surface area contributed by atoms with E-state index in [1.807, 2.05) is 65.0 Å². The number of aliphatic hydroxyl groups is 1. The first-order valence-corrected chi connectivity index (χ1v) is 31.5. The lowest BCUT2D eigenvalue weighted by atomic mass is 10.5. The normalized spacial score (nSPS) is 10.1. The first-order chi connectivity index (χ1) is 22.9. The van der Waals surface area contributed by atoms with Crippen LogP contribution in [-0.4, -0.2) is 134 Å². The van der Waals surface area contributed by atoms with E-state index in [0.717, 1.165) is 26.7 Å². The molecule has 0 amide bonds. The summed E-state index contributed by atoms with van der Waals surface area (Å²) in [4.78, 5) is 0. The second kappa shape index (κ2) is 54.8. The number of nitrogens with two attached hydrogens (primary N) is 1. The van der Waals surface area contributed by atoms with Gasteiger partial charge in [-0.15, -0.1) is 6.58 Å². The van der Waals surface area contributed by atoms with Crippen LogP contribution >= 0.6 is 24.4 Å². The van der Waals surface area contributed by atoms with Gasteiger partial charge in [-0.2, -0.15) is 32.8 Å². The van der Waals surface area contributed by atoms with Gasteiger partial charge in [-0.25, -0.2) is 21.0 Å². The summed E-state index contributed by atoms with van der Waals surface area (Å²) in [6, 6.07) is 1.00. The monoisotopic (exact) mass is 878 g/mol. The summed E-state index contributed by atoms with van der Waals surface area (Å²) in [5, 5.41) is 10.0. The third-order valence-corrected chi connectivity index (χ3v) is 15.4. The van der Waals surface area contributed by atoms with Crippen molar-refractivity contribution in [2.45, 2.75) is 112 Å². The highest BCUT2D eigenvalue weighted by molar-refractivity contribution is 8.67. The maximum atomic E-state index is 11.9. The number of hydrogen-bond donors (Lipinski definition) is 5. The number of methoxy groups -OCH3 is 1. The Hall–Kier alpha value is 0.444. The number of aliphatic hydroxyl groups excluding tert-OH is 1. The Bertz CT molecular complexity index is 866. The SMILES string of the molecule is C=CC.CCCNC.CCCOC.CCCOS(=O)(=O)O.CCCSC.CN.CO.CS.C[Si](C)(C)CCS(=O)(=O)S(=O)(=O)CC[Si](C)(C)C.O. The molecule has 0 atom stereocenters. The smallest absolute Gasteiger partial charge is 0.397 e. The molecule has 0 radical (unpaired) electrons. The Balaban J connectivity index is -0.0000000534. The zero-order valence-electron chi connectivity index (χ0n) is 35.6. The molecule has 51 heavy (non-hydrogen) atoms. The number of hydrogen-bond acceptors (Lipinski definition) is 13. The lowest BCUT2D eigenvalue weighted by Crippen LogP contribution is -2.31. The van der Waals surface area contributed by atoms with Gasteiger partial charge in [-0.1, -0.05) is 73.1 Å². The van der Waals surface area contributed by atoms with Crippen LogP contribution in [0.25, 0.3) is 0 Å². The number of allylic oxidation sites excluding steroid dienone is 1. The van der Waals surface area contributed by atoms with E-state index in [9.17, 15) is 25.3 Å². The van der Waals surface area contributed by atoms with Gasteiger partial charge >= 0.3 is 10.4 Å². The van der Waals surface area contributed by atoms with Gasteiger partial charge in [0.2, 0.25) is 0 Å². The second-order valence-corrected chi connectivity index (χ2v) is 31.3. The average Bonchev–Trinajstić information content (AvgIpc) is 3.03. The lowest BCUT2D eigenvalue weighted by molar-refractivity contribution is 0.199. The Morgan fingerprint density at radius 1 is 0.784 bits per heavy atom. The van der Waals surface area contributed by atoms with E-state index in [1.165, 1.54) is 25.6 Å². The third kappa shape index (κ3) is 99.8. The molecule has 0 aliphatic carbocycles. The fraction of sp³-hybridized carbons (Fsp3) is 0.935. The van der Waals surface area contributed by atoms with Crippen LogP contribution < -0.4 is 11.1 Å². The van der Waals surface area contributed by atoms with Gasteiger partial charge < -0.3 is 26.4 Å². The summed E-state index contributed by atoms with van der Waals surface area (Å²) >= 11 is 5.43. The van der Waals surface area contributed by atoms with E-state index < -0.39 is 44.3 Å². The van der Waals surface area contributed by atoms with Crippen molar-refractivity contribution in [3.05, 3.63) is 12.7 Å². The Labute approximate surface area is 329 Å². The maximum Gasteiger partial charge on any atom is 0.397 e. The molecule has 0 bridgehead atoms. The van der Waals surface area contributed by atoms with Crippen molar-refractivity contribution < 1.29 is 49.3 Å². The van der Waals surface area contributed by atoms with Crippen molar-refractivity contribution in [2.24, 2.45) is 5.73 Å². The average molecular weight is 880 g/mol. The maximum absolute atomic E-state index is 11.9. The summed E-state index contributed by atoms with van der Waals surface area (Å²) in [5.74, 6) is 0.882. The van der Waals surface area contributed by atoms with Crippen molar-refractivity contribution in [1.29, 1.82) is 0 Å². The Morgan fingerprint density at radius 3 is 1.18 bits per heavy atom. The van der Waals surface area contributed by atoms with Gasteiger partial charge in [0.05, 0.1) is 18.1 Å². The van der Waals surface area contributed by atoms with Gasteiger partial charge in [0, 0.05) is 37.0 Å². The number of ether oxygens (including phenoxy) is 1. The van der Waals surface area contributed by atoms with Crippen LogP contribution in [0, 0.1) is 0 Å². The van der Waals surface area contributed by atoms with Crippen LogP contribution in [0.2, 0.25) is 51.4 Å². The predicted molar refractivity (Wildman–Crippen MR) is 239 cm³/mol. The molecule has 13 nitrogen and oxygen atoms in total. The Morgan fingerprint density at radius 2 is 1.10 bits per heavy atom. The molecule has 0 saturated carbocycles. The minimum Gasteiger partial charge on any atom is -0.412 e. The Kier molecular flexibility index (Phi) is 81.9. The van der Waals surface area contributed by atoms with E-state index in [-0.39, 0.29) is 23.6 Å². The first kappa shape index (κ1) is 76.2. The molecule has 0 spiro atoms. The molecule has 0 fully saturated rings. The molecule has 7 N–H and O–H groups in total. The molecule has 0 aliphatic heterocycles. The lowest BCUT2D eigenvalue weighted by Gasteiger charge is -2.17. The quantitative estimate of drug-likeness (QED) is 0.0386.